The summed E-state index contributed by atoms with van der Waals surface area (Å²) in [6.07, 6.45) is 0. The lowest BCUT2D eigenvalue weighted by molar-refractivity contribution is -0.385. The van der Waals surface area contributed by atoms with Gasteiger partial charge in [-0.05, 0) is 35.9 Å². The van der Waals surface area contributed by atoms with Crippen molar-refractivity contribution in [2.75, 3.05) is 19.5 Å². The van der Waals surface area contributed by atoms with Crippen molar-refractivity contribution in [1.82, 2.24) is 5.32 Å². The summed E-state index contributed by atoms with van der Waals surface area (Å²) in [7, 11) is 2.78. The fraction of sp³-hybridized carbons (Fsp3) is 0.167. The topological polar surface area (TPSA) is 153 Å². The van der Waals surface area contributed by atoms with Gasteiger partial charge in [-0.25, -0.2) is 0 Å². The molecule has 0 aliphatic heterocycles. The molecule has 0 fully saturated rings. The molecule has 184 valence electrons. The first-order valence-electron chi connectivity index (χ1n) is 10.3. The van der Waals surface area contributed by atoms with Gasteiger partial charge in [0.2, 0.25) is 5.91 Å². The van der Waals surface area contributed by atoms with Crippen LogP contribution in [-0.2, 0) is 11.3 Å². The van der Waals surface area contributed by atoms with Gasteiger partial charge < -0.3 is 25.8 Å². The number of benzene rings is 3. The third-order valence-electron chi connectivity index (χ3n) is 5.12. The molecular weight excluding hydrogens is 474 g/mol. The van der Waals surface area contributed by atoms with Gasteiger partial charge in [-0.15, -0.1) is 12.4 Å². The molecule has 0 aromatic heterocycles. The number of nitrogen functional groups attached to an aromatic ring is 1. The van der Waals surface area contributed by atoms with Crippen molar-refractivity contribution in [2.24, 2.45) is 5.73 Å². The minimum atomic E-state index is -1.13. The first-order valence-corrected chi connectivity index (χ1v) is 10.3. The normalized spacial score (nSPS) is 10.9. The molecule has 3 aromatic carbocycles. The zero-order valence-electron chi connectivity index (χ0n) is 19.1. The first kappa shape index (κ1) is 26.9. The Kier molecular flexibility index (Phi) is 9.42. The molecule has 0 aliphatic carbocycles. The number of amides is 1. The average Bonchev–Trinajstić information content (AvgIpc) is 2.85. The molecule has 3 aromatic rings. The number of ether oxygens (including phenoxy) is 2. The molecule has 0 saturated carbocycles. The molecule has 10 nitrogen and oxygen atoms in total. The van der Waals surface area contributed by atoms with Gasteiger partial charge in [0.15, 0.2) is 11.5 Å². The maximum atomic E-state index is 13.3. The number of carbonyl (C=O) groups excluding carboxylic acids is 1. The number of nitro groups is 1. The van der Waals surface area contributed by atoms with Crippen LogP contribution in [0.15, 0.2) is 66.7 Å². The van der Waals surface area contributed by atoms with E-state index in [0.717, 1.165) is 5.56 Å². The fourth-order valence-corrected chi connectivity index (χ4v) is 3.36. The Bertz CT molecular complexity index is 1190. The van der Waals surface area contributed by atoms with E-state index in [-0.39, 0.29) is 47.5 Å². The van der Waals surface area contributed by atoms with Gasteiger partial charge in [-0.1, -0.05) is 30.3 Å². The van der Waals surface area contributed by atoms with Gasteiger partial charge in [0.1, 0.15) is 11.9 Å². The highest BCUT2D eigenvalue weighted by molar-refractivity contribution is 5.95. The second-order valence-electron chi connectivity index (χ2n) is 7.29. The lowest BCUT2D eigenvalue weighted by Crippen LogP contribution is -2.33. The zero-order chi connectivity index (χ0) is 24.7. The van der Waals surface area contributed by atoms with E-state index in [1.54, 1.807) is 24.3 Å². The molecule has 0 aliphatic rings. The molecule has 0 bridgehead atoms. The van der Waals surface area contributed by atoms with Crippen LogP contribution in [0.3, 0.4) is 0 Å². The van der Waals surface area contributed by atoms with E-state index >= 15 is 0 Å². The minimum absolute atomic E-state index is 0. The van der Waals surface area contributed by atoms with Crippen LogP contribution in [0.5, 0.6) is 11.5 Å². The standard InChI is InChI=1S/C24H25N5O5.ClH/c1-33-20-12-18(19(29(31)32)13-21(20)34-2)22(24(30)27-14-15-6-4-3-5-7-15)28-17-10-8-16(9-11-17)23(25)26;/h3-13,22,28H,14H2,1-2H3,(H3,25,26)(H,27,30);1H. The lowest BCUT2D eigenvalue weighted by Gasteiger charge is -2.21. The monoisotopic (exact) mass is 499 g/mol. The van der Waals surface area contributed by atoms with Crippen molar-refractivity contribution >= 4 is 35.5 Å². The molecule has 0 saturated heterocycles. The van der Waals surface area contributed by atoms with Crippen LogP contribution in [0.25, 0.3) is 0 Å². The third-order valence-corrected chi connectivity index (χ3v) is 5.12. The number of carbonyl (C=O) groups is 1. The van der Waals surface area contributed by atoms with E-state index in [1.807, 2.05) is 30.3 Å². The van der Waals surface area contributed by atoms with E-state index in [2.05, 4.69) is 10.6 Å². The van der Waals surface area contributed by atoms with Gasteiger partial charge in [0, 0.05) is 17.8 Å². The Morgan fingerprint density at radius 1 is 1.06 bits per heavy atom. The molecular formula is C24H26ClN5O5. The van der Waals surface area contributed by atoms with Crippen molar-refractivity contribution in [1.29, 1.82) is 5.41 Å². The van der Waals surface area contributed by atoms with Crippen LogP contribution in [0, 0.1) is 15.5 Å². The second-order valence-corrected chi connectivity index (χ2v) is 7.29. The van der Waals surface area contributed by atoms with Crippen molar-refractivity contribution in [3.8, 4) is 11.5 Å². The summed E-state index contributed by atoms with van der Waals surface area (Å²) in [6.45, 7) is 0.238. The summed E-state index contributed by atoms with van der Waals surface area (Å²) in [5, 5.41) is 25.3. The maximum Gasteiger partial charge on any atom is 0.279 e. The van der Waals surface area contributed by atoms with Crippen molar-refractivity contribution in [2.45, 2.75) is 12.6 Å². The number of methoxy groups -OCH3 is 2. The molecule has 1 unspecified atom stereocenters. The number of nitro benzene ring substituents is 1. The van der Waals surface area contributed by atoms with E-state index < -0.39 is 16.9 Å². The number of nitrogens with two attached hydrogens (primary N) is 1. The van der Waals surface area contributed by atoms with E-state index in [1.165, 1.54) is 26.4 Å². The van der Waals surface area contributed by atoms with Crippen molar-refractivity contribution in [3.63, 3.8) is 0 Å². The molecule has 11 heteroatoms. The molecule has 0 heterocycles. The quantitative estimate of drug-likeness (QED) is 0.143. The van der Waals surface area contributed by atoms with Crippen LogP contribution >= 0.6 is 12.4 Å². The van der Waals surface area contributed by atoms with E-state index in [0.29, 0.717) is 11.3 Å². The predicted octanol–water partition coefficient (Wildman–Crippen LogP) is 3.79. The largest absolute Gasteiger partial charge is 0.493 e. The van der Waals surface area contributed by atoms with E-state index in [9.17, 15) is 14.9 Å². The number of nitrogens with zero attached hydrogens (tertiary/aromatic N) is 1. The molecule has 1 amide bonds. The third kappa shape index (κ3) is 6.61. The Labute approximate surface area is 208 Å². The second kappa shape index (κ2) is 12.2. The van der Waals surface area contributed by atoms with Gasteiger partial charge in [-0.2, -0.15) is 0 Å². The van der Waals surface area contributed by atoms with Crippen LogP contribution in [0.2, 0.25) is 0 Å². The fourth-order valence-electron chi connectivity index (χ4n) is 3.36. The Morgan fingerprint density at radius 3 is 2.20 bits per heavy atom. The zero-order valence-corrected chi connectivity index (χ0v) is 19.9. The van der Waals surface area contributed by atoms with Crippen LogP contribution in [0.1, 0.15) is 22.7 Å². The summed E-state index contributed by atoms with van der Waals surface area (Å²) < 4.78 is 10.5. The van der Waals surface area contributed by atoms with Gasteiger partial charge in [0.25, 0.3) is 5.69 Å². The summed E-state index contributed by atoms with van der Waals surface area (Å²) in [5.74, 6) is -0.154. The van der Waals surface area contributed by atoms with Gasteiger partial charge >= 0.3 is 0 Å². The Morgan fingerprint density at radius 2 is 1.66 bits per heavy atom. The molecule has 3 rings (SSSR count). The number of hydrogen-bond acceptors (Lipinski definition) is 7. The SMILES string of the molecule is COc1cc(C(Nc2ccc(C(=N)N)cc2)C(=O)NCc2ccccc2)c([N+](=O)[O-])cc1OC.Cl. The lowest BCUT2D eigenvalue weighted by atomic mass is 10.0. The number of rotatable bonds is 10. The smallest absolute Gasteiger partial charge is 0.279 e. The highest BCUT2D eigenvalue weighted by Gasteiger charge is 2.30. The number of anilines is 1. The summed E-state index contributed by atoms with van der Waals surface area (Å²) >= 11 is 0. The highest BCUT2D eigenvalue weighted by Crippen LogP contribution is 2.38. The number of amidine groups is 1. The average molecular weight is 500 g/mol. The van der Waals surface area contributed by atoms with Gasteiger partial charge in [-0.3, -0.25) is 20.3 Å². The number of nitrogens with one attached hydrogen (secondary N) is 3. The molecule has 5 N–H and O–H groups in total. The van der Waals surface area contributed by atoms with Crippen LogP contribution in [0.4, 0.5) is 11.4 Å². The van der Waals surface area contributed by atoms with E-state index in [4.69, 9.17) is 20.6 Å². The first-order chi connectivity index (χ1) is 16.3. The molecule has 0 radical (unpaired) electrons. The number of halogens is 1. The minimum Gasteiger partial charge on any atom is -0.493 e. The molecule has 35 heavy (non-hydrogen) atoms. The van der Waals surface area contributed by atoms with Gasteiger partial charge in [0.05, 0.1) is 30.8 Å². The summed E-state index contributed by atoms with van der Waals surface area (Å²) in [6, 6.07) is 17.3. The van der Waals surface area contributed by atoms with Crippen LogP contribution < -0.4 is 25.8 Å². The Balaban J connectivity index is 0.00000432. The van der Waals surface area contributed by atoms with Crippen molar-refractivity contribution in [3.05, 3.63) is 93.5 Å². The highest BCUT2D eigenvalue weighted by atomic mass is 35.5. The molecule has 1 atom stereocenters. The number of hydrogen-bond donors (Lipinski definition) is 4. The Hall–Kier alpha value is -4.31. The predicted molar refractivity (Wildman–Crippen MR) is 136 cm³/mol. The molecule has 0 spiro atoms. The summed E-state index contributed by atoms with van der Waals surface area (Å²) in [4.78, 5) is 24.6. The summed E-state index contributed by atoms with van der Waals surface area (Å²) in [5.41, 5.74) is 7.20. The maximum absolute atomic E-state index is 13.3. The van der Waals surface area contributed by atoms with Crippen molar-refractivity contribution < 1.29 is 19.2 Å². The van der Waals surface area contributed by atoms with Crippen LogP contribution in [-0.4, -0.2) is 30.9 Å².